The molecule has 20 heavy (non-hydrogen) atoms. The molecule has 0 aliphatic carbocycles. The van der Waals surface area contributed by atoms with Gasteiger partial charge in [-0.05, 0) is 31.0 Å². The maximum atomic E-state index is 10.6. The monoisotopic (exact) mass is 277 g/mol. The first-order valence-electron chi connectivity index (χ1n) is 7.28. The van der Waals surface area contributed by atoms with Gasteiger partial charge < -0.3 is 4.90 Å². The number of non-ortho nitro benzene ring substituents is 1. The van der Waals surface area contributed by atoms with Crippen LogP contribution < -0.4 is 4.90 Å². The third-order valence-corrected chi connectivity index (χ3v) is 3.82. The summed E-state index contributed by atoms with van der Waals surface area (Å²) < 4.78 is 0. The summed E-state index contributed by atoms with van der Waals surface area (Å²) in [5, 5.41) is 10.6. The van der Waals surface area contributed by atoms with E-state index in [-0.39, 0.29) is 10.6 Å². The van der Waals surface area contributed by atoms with E-state index in [1.165, 1.54) is 13.0 Å². The number of rotatable bonds is 5. The van der Waals surface area contributed by atoms with Crippen LogP contribution in [-0.2, 0) is 0 Å². The largest absolute Gasteiger partial charge is 0.369 e. The molecule has 110 valence electrons. The van der Waals surface area contributed by atoms with E-state index in [9.17, 15) is 10.1 Å². The topological polar surface area (TPSA) is 49.6 Å². The van der Waals surface area contributed by atoms with Gasteiger partial charge in [-0.15, -0.1) is 0 Å². The van der Waals surface area contributed by atoms with E-state index in [0.717, 1.165) is 37.8 Å². The van der Waals surface area contributed by atoms with Crippen molar-refractivity contribution in [2.75, 3.05) is 37.6 Å². The number of nitro benzene ring substituents is 1. The Hall–Kier alpha value is -1.62. The molecule has 1 aliphatic heterocycles. The van der Waals surface area contributed by atoms with Gasteiger partial charge in [0, 0.05) is 44.0 Å². The van der Waals surface area contributed by atoms with Gasteiger partial charge in [0.05, 0.1) is 4.92 Å². The van der Waals surface area contributed by atoms with E-state index in [1.807, 2.05) is 12.1 Å². The minimum Gasteiger partial charge on any atom is -0.369 e. The van der Waals surface area contributed by atoms with Crippen LogP contribution in [-0.4, -0.2) is 42.5 Å². The quantitative estimate of drug-likeness (QED) is 0.613. The molecule has 1 aromatic carbocycles. The molecule has 0 amide bonds. The zero-order valence-electron chi connectivity index (χ0n) is 12.3. The molecule has 1 heterocycles. The molecular weight excluding hydrogens is 254 g/mol. The molecule has 5 nitrogen and oxygen atoms in total. The highest BCUT2D eigenvalue weighted by molar-refractivity contribution is 5.51. The number of nitrogens with zero attached hydrogens (tertiary/aromatic N) is 3. The van der Waals surface area contributed by atoms with Gasteiger partial charge in [0.25, 0.3) is 5.69 Å². The number of piperazine rings is 1. The smallest absolute Gasteiger partial charge is 0.269 e. The summed E-state index contributed by atoms with van der Waals surface area (Å²) in [7, 11) is 0. The lowest BCUT2D eigenvalue weighted by atomic mass is 10.1. The Labute approximate surface area is 120 Å². The highest BCUT2D eigenvalue weighted by Crippen LogP contribution is 2.20. The average Bonchev–Trinajstić information content (AvgIpc) is 2.46. The van der Waals surface area contributed by atoms with Crippen molar-refractivity contribution in [3.63, 3.8) is 0 Å². The molecule has 1 saturated heterocycles. The third kappa shape index (κ3) is 3.93. The van der Waals surface area contributed by atoms with Gasteiger partial charge in [-0.25, -0.2) is 0 Å². The van der Waals surface area contributed by atoms with Crippen LogP contribution in [0.4, 0.5) is 11.4 Å². The maximum absolute atomic E-state index is 10.6. The highest BCUT2D eigenvalue weighted by Gasteiger charge is 2.17. The lowest BCUT2D eigenvalue weighted by Crippen LogP contribution is -2.46. The first-order valence-corrected chi connectivity index (χ1v) is 7.28. The van der Waals surface area contributed by atoms with Crippen molar-refractivity contribution >= 4 is 11.4 Å². The third-order valence-electron chi connectivity index (χ3n) is 3.82. The lowest BCUT2D eigenvalue weighted by molar-refractivity contribution is -0.384. The Bertz CT molecular complexity index is 437. The van der Waals surface area contributed by atoms with Gasteiger partial charge in [-0.2, -0.15) is 0 Å². The normalized spacial score (nSPS) is 16.6. The summed E-state index contributed by atoms with van der Waals surface area (Å²) in [6.07, 6.45) is 1.25. The second-order valence-corrected chi connectivity index (χ2v) is 5.78. The molecule has 1 fully saturated rings. The van der Waals surface area contributed by atoms with Gasteiger partial charge >= 0.3 is 0 Å². The van der Waals surface area contributed by atoms with Gasteiger partial charge in [-0.1, -0.05) is 13.8 Å². The molecule has 0 atom stereocenters. The van der Waals surface area contributed by atoms with Crippen LogP contribution in [0.25, 0.3) is 0 Å². The van der Waals surface area contributed by atoms with Crippen molar-refractivity contribution < 1.29 is 4.92 Å². The number of benzene rings is 1. The molecule has 2 rings (SSSR count). The predicted molar refractivity (Wildman–Crippen MR) is 81.2 cm³/mol. The standard InChI is InChI=1S/C15H23N3O2/c1-13(2)7-8-16-9-11-17(12-10-16)14-3-5-15(6-4-14)18(19)20/h3-6,13H,7-12H2,1-2H3. The first kappa shape index (κ1) is 14.8. The van der Waals surface area contributed by atoms with Crippen LogP contribution in [0.5, 0.6) is 0 Å². The number of hydrogen-bond acceptors (Lipinski definition) is 4. The minimum absolute atomic E-state index is 0.157. The molecule has 0 bridgehead atoms. The van der Waals surface area contributed by atoms with Crippen LogP contribution >= 0.6 is 0 Å². The van der Waals surface area contributed by atoms with Gasteiger partial charge in [-0.3, -0.25) is 15.0 Å². The zero-order chi connectivity index (χ0) is 14.5. The Kier molecular flexibility index (Phi) is 4.95. The van der Waals surface area contributed by atoms with Crippen molar-refractivity contribution in [2.24, 2.45) is 5.92 Å². The SMILES string of the molecule is CC(C)CCN1CCN(c2ccc([N+](=O)[O-])cc2)CC1. The van der Waals surface area contributed by atoms with Gasteiger partial charge in [0.1, 0.15) is 0 Å². The molecule has 0 unspecified atom stereocenters. The van der Waals surface area contributed by atoms with E-state index in [2.05, 4.69) is 23.6 Å². The molecule has 1 aromatic rings. The first-order chi connectivity index (χ1) is 9.56. The second kappa shape index (κ2) is 6.70. The van der Waals surface area contributed by atoms with Crippen LogP contribution in [0, 0.1) is 16.0 Å². The van der Waals surface area contributed by atoms with Crippen molar-refractivity contribution in [3.8, 4) is 0 Å². The Morgan fingerprint density at radius 3 is 2.25 bits per heavy atom. The van der Waals surface area contributed by atoms with Crippen molar-refractivity contribution in [1.82, 2.24) is 4.90 Å². The molecule has 0 spiro atoms. The molecule has 1 aliphatic rings. The summed E-state index contributed by atoms with van der Waals surface area (Å²) in [6, 6.07) is 6.87. The number of nitro groups is 1. The fraction of sp³-hybridized carbons (Fsp3) is 0.600. The lowest BCUT2D eigenvalue weighted by Gasteiger charge is -2.36. The van der Waals surface area contributed by atoms with Crippen LogP contribution in [0.2, 0.25) is 0 Å². The fourth-order valence-electron chi connectivity index (χ4n) is 2.46. The van der Waals surface area contributed by atoms with E-state index in [4.69, 9.17) is 0 Å². The Morgan fingerprint density at radius 1 is 1.15 bits per heavy atom. The van der Waals surface area contributed by atoms with E-state index >= 15 is 0 Å². The Balaban J connectivity index is 1.85. The summed E-state index contributed by atoms with van der Waals surface area (Å²) in [4.78, 5) is 15.1. The summed E-state index contributed by atoms with van der Waals surface area (Å²) >= 11 is 0. The minimum atomic E-state index is -0.354. The Morgan fingerprint density at radius 2 is 1.75 bits per heavy atom. The number of hydrogen-bond donors (Lipinski definition) is 0. The van der Waals surface area contributed by atoms with Crippen LogP contribution in [0.15, 0.2) is 24.3 Å². The molecule has 0 N–H and O–H groups in total. The average molecular weight is 277 g/mol. The summed E-state index contributed by atoms with van der Waals surface area (Å²) in [6.45, 7) is 9.82. The number of anilines is 1. The predicted octanol–water partition coefficient (Wildman–Crippen LogP) is 2.76. The van der Waals surface area contributed by atoms with Crippen molar-refractivity contribution in [1.29, 1.82) is 0 Å². The van der Waals surface area contributed by atoms with Gasteiger partial charge in [0.15, 0.2) is 0 Å². The molecule has 5 heteroatoms. The maximum Gasteiger partial charge on any atom is 0.269 e. The van der Waals surface area contributed by atoms with Gasteiger partial charge in [0.2, 0.25) is 0 Å². The second-order valence-electron chi connectivity index (χ2n) is 5.78. The molecule has 0 aromatic heterocycles. The summed E-state index contributed by atoms with van der Waals surface area (Å²) in [5.41, 5.74) is 1.24. The summed E-state index contributed by atoms with van der Waals surface area (Å²) in [5.74, 6) is 0.753. The van der Waals surface area contributed by atoms with Crippen LogP contribution in [0.3, 0.4) is 0 Å². The van der Waals surface area contributed by atoms with E-state index in [0.29, 0.717) is 0 Å². The van der Waals surface area contributed by atoms with E-state index < -0.39 is 0 Å². The molecule has 0 saturated carbocycles. The highest BCUT2D eigenvalue weighted by atomic mass is 16.6. The van der Waals surface area contributed by atoms with Crippen LogP contribution in [0.1, 0.15) is 20.3 Å². The van der Waals surface area contributed by atoms with Crippen molar-refractivity contribution in [2.45, 2.75) is 20.3 Å². The fourth-order valence-corrected chi connectivity index (χ4v) is 2.46. The van der Waals surface area contributed by atoms with E-state index in [1.54, 1.807) is 12.1 Å². The molecular formula is C15H23N3O2. The van der Waals surface area contributed by atoms with Crippen molar-refractivity contribution in [3.05, 3.63) is 34.4 Å². The molecule has 0 radical (unpaired) electrons. The zero-order valence-corrected chi connectivity index (χ0v) is 12.3.